The minimum atomic E-state index is -0.973. The van der Waals surface area contributed by atoms with E-state index < -0.39 is 11.4 Å². The third kappa shape index (κ3) is 3.62. The van der Waals surface area contributed by atoms with Crippen LogP contribution in [0.25, 0.3) is 0 Å². The van der Waals surface area contributed by atoms with Crippen LogP contribution in [0.2, 0.25) is 0 Å². The third-order valence-corrected chi connectivity index (χ3v) is 2.12. The quantitative estimate of drug-likeness (QED) is 0.821. The van der Waals surface area contributed by atoms with Crippen LogP contribution in [0.5, 0.6) is 0 Å². The molecule has 0 saturated carbocycles. The van der Waals surface area contributed by atoms with Gasteiger partial charge in [0.05, 0.1) is 5.60 Å². The van der Waals surface area contributed by atoms with Crippen LogP contribution in [0, 0.1) is 12.7 Å². The number of amides is 1. The van der Waals surface area contributed by atoms with Crippen LogP contribution in [-0.4, -0.2) is 23.2 Å². The first-order valence-electron chi connectivity index (χ1n) is 5.06. The van der Waals surface area contributed by atoms with Crippen molar-refractivity contribution in [1.82, 2.24) is 5.32 Å². The van der Waals surface area contributed by atoms with Crippen molar-refractivity contribution < 1.29 is 14.3 Å². The van der Waals surface area contributed by atoms with Crippen molar-refractivity contribution in [3.8, 4) is 0 Å². The molecule has 16 heavy (non-hydrogen) atoms. The monoisotopic (exact) mass is 225 g/mol. The molecule has 0 atom stereocenters. The average Bonchev–Trinajstić information content (AvgIpc) is 2.17. The fraction of sp³-hybridized carbons (Fsp3) is 0.417. The molecule has 0 bridgehead atoms. The van der Waals surface area contributed by atoms with Crippen LogP contribution < -0.4 is 5.32 Å². The van der Waals surface area contributed by atoms with Crippen molar-refractivity contribution in [3.63, 3.8) is 0 Å². The summed E-state index contributed by atoms with van der Waals surface area (Å²) in [6, 6.07) is 4.29. The lowest BCUT2D eigenvalue weighted by atomic mass is 10.1. The van der Waals surface area contributed by atoms with Crippen molar-refractivity contribution in [2.24, 2.45) is 0 Å². The van der Waals surface area contributed by atoms with Gasteiger partial charge in [0.25, 0.3) is 5.91 Å². The predicted octanol–water partition coefficient (Wildman–Crippen LogP) is 1.63. The van der Waals surface area contributed by atoms with Gasteiger partial charge in [-0.05, 0) is 38.5 Å². The number of halogens is 1. The lowest BCUT2D eigenvalue weighted by Crippen LogP contribution is -2.38. The molecular formula is C12H16FNO2. The molecule has 4 heteroatoms. The van der Waals surface area contributed by atoms with Gasteiger partial charge in [0, 0.05) is 12.1 Å². The minimum Gasteiger partial charge on any atom is -0.389 e. The average molecular weight is 225 g/mol. The van der Waals surface area contributed by atoms with Crippen LogP contribution >= 0.6 is 0 Å². The molecule has 2 N–H and O–H groups in total. The highest BCUT2D eigenvalue weighted by atomic mass is 19.1. The minimum absolute atomic E-state index is 0.126. The normalized spacial score (nSPS) is 11.3. The summed E-state index contributed by atoms with van der Waals surface area (Å²) in [6.07, 6.45) is 0. The zero-order valence-electron chi connectivity index (χ0n) is 9.67. The molecule has 0 aromatic heterocycles. The highest BCUT2D eigenvalue weighted by Crippen LogP contribution is 2.09. The van der Waals surface area contributed by atoms with E-state index in [2.05, 4.69) is 5.32 Å². The molecule has 0 spiro atoms. The Morgan fingerprint density at radius 2 is 2.12 bits per heavy atom. The van der Waals surface area contributed by atoms with Gasteiger partial charge in [0.1, 0.15) is 5.82 Å². The lowest BCUT2D eigenvalue weighted by molar-refractivity contribution is 0.0694. The Hall–Kier alpha value is -1.42. The van der Waals surface area contributed by atoms with Gasteiger partial charge in [-0.3, -0.25) is 4.79 Å². The standard InChI is InChI=1S/C12H16FNO2/c1-8-4-5-9(6-10(8)13)11(15)14-7-12(2,3)16/h4-6,16H,7H2,1-3H3,(H,14,15). The van der Waals surface area contributed by atoms with E-state index in [0.717, 1.165) is 0 Å². The van der Waals surface area contributed by atoms with Gasteiger partial charge in [-0.2, -0.15) is 0 Å². The predicted molar refractivity (Wildman–Crippen MR) is 59.8 cm³/mol. The van der Waals surface area contributed by atoms with E-state index in [4.69, 9.17) is 0 Å². The van der Waals surface area contributed by atoms with Crippen LogP contribution in [0.4, 0.5) is 4.39 Å². The van der Waals surface area contributed by atoms with Crippen LogP contribution in [0.15, 0.2) is 18.2 Å². The van der Waals surface area contributed by atoms with Crippen LogP contribution in [0.3, 0.4) is 0 Å². The molecule has 0 aliphatic rings. The zero-order valence-corrected chi connectivity index (χ0v) is 9.67. The molecule has 0 aliphatic carbocycles. The molecule has 0 unspecified atom stereocenters. The van der Waals surface area contributed by atoms with Crippen molar-refractivity contribution in [2.75, 3.05) is 6.54 Å². The molecule has 0 saturated heterocycles. The number of aliphatic hydroxyl groups is 1. The Labute approximate surface area is 94.3 Å². The van der Waals surface area contributed by atoms with Gasteiger partial charge in [-0.15, -0.1) is 0 Å². The maximum absolute atomic E-state index is 13.2. The number of aryl methyl sites for hydroxylation is 1. The molecule has 0 radical (unpaired) electrons. The summed E-state index contributed by atoms with van der Waals surface area (Å²) in [6.45, 7) is 4.93. The van der Waals surface area contributed by atoms with E-state index in [0.29, 0.717) is 5.56 Å². The van der Waals surface area contributed by atoms with E-state index in [1.807, 2.05) is 0 Å². The van der Waals surface area contributed by atoms with Crippen molar-refractivity contribution in [3.05, 3.63) is 35.1 Å². The zero-order chi connectivity index (χ0) is 12.3. The molecule has 3 nitrogen and oxygen atoms in total. The Morgan fingerprint density at radius 1 is 1.50 bits per heavy atom. The summed E-state index contributed by atoms with van der Waals surface area (Å²) in [7, 11) is 0. The van der Waals surface area contributed by atoms with Gasteiger partial charge in [-0.1, -0.05) is 6.07 Å². The SMILES string of the molecule is Cc1ccc(C(=O)NCC(C)(C)O)cc1F. The summed E-state index contributed by atoms with van der Waals surface area (Å²) >= 11 is 0. The van der Waals surface area contributed by atoms with E-state index in [1.165, 1.54) is 6.07 Å². The Balaban J connectivity index is 2.70. The number of carbonyl (C=O) groups excluding carboxylic acids is 1. The maximum atomic E-state index is 13.2. The maximum Gasteiger partial charge on any atom is 0.251 e. The van der Waals surface area contributed by atoms with Gasteiger partial charge in [0.15, 0.2) is 0 Å². The van der Waals surface area contributed by atoms with E-state index in [9.17, 15) is 14.3 Å². The van der Waals surface area contributed by atoms with Crippen LogP contribution in [-0.2, 0) is 0 Å². The Bertz CT molecular complexity index is 396. The first-order chi connectivity index (χ1) is 7.29. The van der Waals surface area contributed by atoms with Gasteiger partial charge in [0.2, 0.25) is 0 Å². The fourth-order valence-corrected chi connectivity index (χ4v) is 1.13. The summed E-state index contributed by atoms with van der Waals surface area (Å²) < 4.78 is 13.2. The summed E-state index contributed by atoms with van der Waals surface area (Å²) in [4.78, 5) is 11.6. The Morgan fingerprint density at radius 3 is 2.62 bits per heavy atom. The topological polar surface area (TPSA) is 49.3 Å². The second kappa shape index (κ2) is 4.61. The second-order valence-corrected chi connectivity index (χ2v) is 4.46. The number of benzene rings is 1. The number of hydrogen-bond acceptors (Lipinski definition) is 2. The molecule has 1 amide bonds. The van der Waals surface area contributed by atoms with Crippen molar-refractivity contribution in [1.29, 1.82) is 0 Å². The Kier molecular flexibility index (Phi) is 3.65. The van der Waals surface area contributed by atoms with Gasteiger partial charge >= 0.3 is 0 Å². The molecule has 0 heterocycles. The molecule has 1 rings (SSSR count). The largest absolute Gasteiger partial charge is 0.389 e. The van der Waals surface area contributed by atoms with Gasteiger partial charge < -0.3 is 10.4 Å². The van der Waals surface area contributed by atoms with E-state index in [1.54, 1.807) is 32.9 Å². The highest BCUT2D eigenvalue weighted by Gasteiger charge is 2.15. The van der Waals surface area contributed by atoms with Crippen molar-refractivity contribution in [2.45, 2.75) is 26.4 Å². The summed E-state index contributed by atoms with van der Waals surface area (Å²) in [5, 5.41) is 12.0. The second-order valence-electron chi connectivity index (χ2n) is 4.46. The van der Waals surface area contributed by atoms with Crippen molar-refractivity contribution >= 4 is 5.91 Å². The molecule has 1 aromatic rings. The molecule has 0 aliphatic heterocycles. The number of hydrogen-bond donors (Lipinski definition) is 2. The van der Waals surface area contributed by atoms with E-state index >= 15 is 0 Å². The molecule has 0 fully saturated rings. The molecular weight excluding hydrogens is 209 g/mol. The number of carbonyl (C=O) groups is 1. The smallest absolute Gasteiger partial charge is 0.251 e. The summed E-state index contributed by atoms with van der Waals surface area (Å²) in [5.74, 6) is -0.795. The number of nitrogens with one attached hydrogen (secondary N) is 1. The summed E-state index contributed by atoms with van der Waals surface area (Å²) in [5.41, 5.74) is -0.217. The highest BCUT2D eigenvalue weighted by molar-refractivity contribution is 5.94. The molecule has 1 aromatic carbocycles. The first-order valence-corrected chi connectivity index (χ1v) is 5.06. The number of rotatable bonds is 3. The third-order valence-electron chi connectivity index (χ3n) is 2.12. The first kappa shape index (κ1) is 12.6. The molecule has 88 valence electrons. The lowest BCUT2D eigenvalue weighted by Gasteiger charge is -2.17. The fourth-order valence-electron chi connectivity index (χ4n) is 1.13. The van der Waals surface area contributed by atoms with Crippen LogP contribution in [0.1, 0.15) is 29.8 Å². The van der Waals surface area contributed by atoms with Gasteiger partial charge in [-0.25, -0.2) is 4.39 Å². The van der Waals surface area contributed by atoms with E-state index in [-0.39, 0.29) is 18.0 Å².